The number of aliphatic hydroxyl groups is 12. The van der Waals surface area contributed by atoms with Crippen molar-refractivity contribution >= 4 is 0 Å². The molecule has 0 aromatic rings. The molecule has 7 fully saturated rings. The molecule has 4 saturated carbocycles. The second-order valence-corrected chi connectivity index (χ2v) is 20.5. The van der Waals surface area contributed by atoms with Gasteiger partial charge in [0.1, 0.15) is 79.4 Å². The Bertz CT molecular complexity index is 1660. The molecule has 8 rings (SSSR count). The fraction of sp³-hybridized carbons (Fsp3) is 0.911. The van der Waals surface area contributed by atoms with E-state index in [0.717, 1.165) is 37.0 Å². The molecule has 3 saturated heterocycles. The molecular weight excluding hydrogens is 844 g/mol. The molecule has 0 aromatic heterocycles. The zero-order chi connectivity index (χ0) is 46.2. The third-order valence-corrected chi connectivity index (χ3v) is 17.2. The van der Waals surface area contributed by atoms with E-state index < -0.39 is 118 Å². The molecule has 8 aliphatic rings. The topological polar surface area (TPSA) is 307 Å². The first-order valence-electron chi connectivity index (χ1n) is 23.2. The van der Waals surface area contributed by atoms with E-state index in [9.17, 15) is 61.3 Å². The molecule has 0 amide bonds. The van der Waals surface area contributed by atoms with Crippen LogP contribution in [-0.4, -0.2) is 198 Å². The average molecular weight is 917 g/mol. The first-order valence-corrected chi connectivity index (χ1v) is 23.2. The maximum absolute atomic E-state index is 12.3. The Morgan fingerprint density at radius 3 is 1.91 bits per heavy atom. The summed E-state index contributed by atoms with van der Waals surface area (Å²) in [5.74, 6) is 2.09. The van der Waals surface area contributed by atoms with E-state index in [1.807, 2.05) is 0 Å². The van der Waals surface area contributed by atoms with Gasteiger partial charge in [0, 0.05) is 17.8 Å². The van der Waals surface area contributed by atoms with Crippen molar-refractivity contribution in [2.75, 3.05) is 26.4 Å². The minimum absolute atomic E-state index is 0.0301. The van der Waals surface area contributed by atoms with Crippen molar-refractivity contribution < 1.29 is 94.4 Å². The quantitative estimate of drug-likeness (QED) is 0.0707. The predicted molar refractivity (Wildman–Crippen MR) is 219 cm³/mol. The number of aliphatic hydroxyl groups excluding tert-OH is 12. The molecule has 64 heavy (non-hydrogen) atoms. The average Bonchev–Trinajstić information content (AvgIpc) is 3.77. The van der Waals surface area contributed by atoms with E-state index in [-0.39, 0.29) is 53.3 Å². The van der Waals surface area contributed by atoms with Gasteiger partial charge in [-0.15, -0.1) is 0 Å². The van der Waals surface area contributed by atoms with E-state index in [1.165, 1.54) is 0 Å². The molecule has 4 aliphatic carbocycles. The number of fused-ring (bicyclic) bond motifs is 7. The summed E-state index contributed by atoms with van der Waals surface area (Å²) in [5.41, 5.74) is 1.38. The summed E-state index contributed by atoms with van der Waals surface area (Å²) in [6.45, 7) is 9.00. The van der Waals surface area contributed by atoms with Gasteiger partial charge in [0.15, 0.2) is 18.9 Å². The van der Waals surface area contributed by atoms with Crippen molar-refractivity contribution in [1.82, 2.24) is 0 Å². The third-order valence-electron chi connectivity index (χ3n) is 17.2. The van der Waals surface area contributed by atoms with Crippen molar-refractivity contribution in [3.8, 4) is 0 Å². The van der Waals surface area contributed by atoms with Gasteiger partial charge in [-0.3, -0.25) is 0 Å². The molecule has 4 heterocycles. The number of hydrogen-bond acceptors (Lipinski definition) is 19. The van der Waals surface area contributed by atoms with E-state index >= 15 is 0 Å². The van der Waals surface area contributed by atoms with Crippen LogP contribution in [0.25, 0.3) is 0 Å². The van der Waals surface area contributed by atoms with Gasteiger partial charge in [-0.05, 0) is 93.0 Å². The van der Waals surface area contributed by atoms with Gasteiger partial charge in [-0.2, -0.15) is 0 Å². The summed E-state index contributed by atoms with van der Waals surface area (Å²) in [5, 5.41) is 125. The largest absolute Gasteiger partial charge is 0.494 e. The standard InChI is InChI=1S/C45H72O19/c1-18(17-58-41-38(56)35(53)32(50)27(14-46)61-41)5-8-25-19(2)31-26(60-25)12-24-22-7-6-20-11-21(9-10-44(20,3)23(22)13-30(49)45(24,31)4)59-43-40(37(55)34(52)29(16-48)63-43)64-42-39(57)36(54)33(51)28(15-47)62-42/h20-24,26-43,46-57H,1,5-17H2,2-4H3. The summed E-state index contributed by atoms with van der Waals surface area (Å²) in [6, 6.07) is 0. The summed E-state index contributed by atoms with van der Waals surface area (Å²) in [4.78, 5) is 0. The lowest BCUT2D eigenvalue weighted by molar-refractivity contribution is -0.373. The van der Waals surface area contributed by atoms with Crippen LogP contribution in [0.15, 0.2) is 23.5 Å². The maximum atomic E-state index is 12.3. The number of ether oxygens (including phenoxy) is 7. The van der Waals surface area contributed by atoms with E-state index in [1.54, 1.807) is 0 Å². The molecule has 25 unspecified atom stereocenters. The molecular formula is C45H72O19. The Balaban J connectivity index is 0.889. The summed E-state index contributed by atoms with van der Waals surface area (Å²) in [6.07, 6.45) is -16.3. The van der Waals surface area contributed by atoms with Gasteiger partial charge >= 0.3 is 0 Å². The highest BCUT2D eigenvalue weighted by atomic mass is 16.8. The molecule has 0 radical (unpaired) electrons. The monoisotopic (exact) mass is 916 g/mol. The summed E-state index contributed by atoms with van der Waals surface area (Å²) >= 11 is 0. The van der Waals surface area contributed by atoms with Crippen LogP contribution >= 0.6 is 0 Å². The van der Waals surface area contributed by atoms with Crippen LogP contribution < -0.4 is 0 Å². The van der Waals surface area contributed by atoms with Crippen molar-refractivity contribution in [2.24, 2.45) is 40.4 Å². The van der Waals surface area contributed by atoms with Crippen LogP contribution in [0.1, 0.15) is 78.6 Å². The molecule has 25 atom stereocenters. The van der Waals surface area contributed by atoms with Crippen LogP contribution in [0, 0.1) is 40.4 Å². The highest BCUT2D eigenvalue weighted by Gasteiger charge is 2.68. The van der Waals surface area contributed by atoms with E-state index in [4.69, 9.17) is 33.2 Å². The first kappa shape index (κ1) is 49.0. The van der Waals surface area contributed by atoms with Gasteiger partial charge < -0.3 is 94.4 Å². The first-order chi connectivity index (χ1) is 30.4. The highest BCUT2D eigenvalue weighted by Crippen LogP contribution is 2.70. The van der Waals surface area contributed by atoms with Gasteiger partial charge in [0.25, 0.3) is 0 Å². The second-order valence-electron chi connectivity index (χ2n) is 20.5. The lowest BCUT2D eigenvalue weighted by Gasteiger charge is -2.62. The molecule has 4 aliphatic heterocycles. The lowest BCUT2D eigenvalue weighted by atomic mass is 9.44. The minimum atomic E-state index is -1.76. The Hall–Kier alpha value is -1.44. The van der Waals surface area contributed by atoms with Crippen LogP contribution in [0.5, 0.6) is 0 Å². The SMILES string of the molecule is C=C(CCC1=C(C)C2C(CC3C4CCC5CC(OC6OC(CO)C(O)C(O)C6OC6OC(CO)C(O)C(O)C6O)CCC5(C)C4CC(O)C32C)O1)COC1OC(CO)C(O)C(O)C1O. The Morgan fingerprint density at radius 1 is 0.672 bits per heavy atom. The Morgan fingerprint density at radius 2 is 1.27 bits per heavy atom. The predicted octanol–water partition coefficient (Wildman–Crippen LogP) is -1.94. The van der Waals surface area contributed by atoms with Crippen LogP contribution in [0.2, 0.25) is 0 Å². The number of allylic oxidation sites excluding steroid dienone is 1. The molecule has 0 spiro atoms. The van der Waals surface area contributed by atoms with Crippen molar-refractivity contribution in [3.05, 3.63) is 23.5 Å². The fourth-order valence-electron chi connectivity index (χ4n) is 13.5. The number of rotatable bonds is 13. The van der Waals surface area contributed by atoms with Crippen molar-refractivity contribution in [2.45, 2.75) is 189 Å². The van der Waals surface area contributed by atoms with E-state index in [2.05, 4.69) is 27.4 Å². The maximum Gasteiger partial charge on any atom is 0.187 e. The highest BCUT2D eigenvalue weighted by molar-refractivity contribution is 5.28. The van der Waals surface area contributed by atoms with Crippen LogP contribution in [0.3, 0.4) is 0 Å². The van der Waals surface area contributed by atoms with Crippen LogP contribution in [-0.2, 0) is 33.2 Å². The van der Waals surface area contributed by atoms with Gasteiger partial charge in [0.05, 0.1) is 44.4 Å². The second kappa shape index (κ2) is 19.2. The minimum Gasteiger partial charge on any atom is -0.494 e. The molecule has 12 N–H and O–H groups in total. The Labute approximate surface area is 373 Å². The molecule has 0 bridgehead atoms. The normalized spacial score (nSPS) is 52.6. The van der Waals surface area contributed by atoms with Crippen molar-refractivity contribution in [1.29, 1.82) is 0 Å². The van der Waals surface area contributed by atoms with Gasteiger partial charge in [-0.25, -0.2) is 0 Å². The molecule has 19 heteroatoms. The van der Waals surface area contributed by atoms with Crippen LogP contribution in [0.4, 0.5) is 0 Å². The lowest BCUT2D eigenvalue weighted by Crippen LogP contribution is -2.65. The number of hydrogen-bond donors (Lipinski definition) is 12. The smallest absolute Gasteiger partial charge is 0.187 e. The fourth-order valence-corrected chi connectivity index (χ4v) is 13.5. The molecule has 19 nitrogen and oxygen atoms in total. The van der Waals surface area contributed by atoms with Crippen molar-refractivity contribution in [3.63, 3.8) is 0 Å². The zero-order valence-corrected chi connectivity index (χ0v) is 36.9. The Kier molecular flexibility index (Phi) is 14.7. The zero-order valence-electron chi connectivity index (χ0n) is 36.9. The third kappa shape index (κ3) is 8.44. The molecule has 0 aromatic carbocycles. The van der Waals surface area contributed by atoms with E-state index in [0.29, 0.717) is 43.6 Å². The van der Waals surface area contributed by atoms with Gasteiger partial charge in [-0.1, -0.05) is 26.0 Å². The molecule has 366 valence electrons. The summed E-state index contributed by atoms with van der Waals surface area (Å²) < 4.78 is 41.8. The summed E-state index contributed by atoms with van der Waals surface area (Å²) in [7, 11) is 0. The van der Waals surface area contributed by atoms with Gasteiger partial charge in [0.2, 0.25) is 0 Å².